The smallest absolute Gasteiger partial charge is 0.313 e. The Morgan fingerprint density at radius 2 is 1.65 bits per heavy atom. The van der Waals surface area contributed by atoms with E-state index in [0.717, 1.165) is 28.1 Å². The van der Waals surface area contributed by atoms with Gasteiger partial charge >= 0.3 is 6.03 Å². The lowest BCUT2D eigenvalue weighted by atomic mass is 10.1. The SMILES string of the molecule is Cc1ccccc1-n1nc(C)c(-c2ccccc2)c1NC(=O)CN(C(=O)Nc1cccc(F)c1)C(C)C. The Bertz CT molecular complexity index is 1420. The van der Waals surface area contributed by atoms with Crippen molar-refractivity contribution >= 4 is 23.4 Å². The lowest BCUT2D eigenvalue weighted by molar-refractivity contribution is -0.117. The Morgan fingerprint density at radius 3 is 2.32 bits per heavy atom. The molecule has 0 atom stereocenters. The van der Waals surface area contributed by atoms with Crippen LogP contribution in [0.3, 0.4) is 0 Å². The number of nitrogens with one attached hydrogen (secondary N) is 2. The van der Waals surface area contributed by atoms with Crippen LogP contribution in [-0.2, 0) is 4.79 Å². The van der Waals surface area contributed by atoms with Crippen molar-refractivity contribution in [3.63, 3.8) is 0 Å². The van der Waals surface area contributed by atoms with Gasteiger partial charge in [0.15, 0.2) is 0 Å². The zero-order valence-corrected chi connectivity index (χ0v) is 21.3. The number of aryl methyl sites for hydroxylation is 2. The molecule has 4 aromatic rings. The van der Waals surface area contributed by atoms with Crippen LogP contribution in [0.15, 0.2) is 78.9 Å². The standard InChI is InChI=1S/C29H30FN5O2/c1-19(2)34(29(37)31-24-15-10-14-23(30)17-24)18-26(36)32-28-27(22-12-6-5-7-13-22)21(4)33-35(28)25-16-9-8-11-20(25)3/h5-17,19H,18H2,1-4H3,(H,31,37)(H,32,36). The Morgan fingerprint density at radius 1 is 0.946 bits per heavy atom. The van der Waals surface area contributed by atoms with Crippen LogP contribution in [0.4, 0.5) is 20.7 Å². The first-order chi connectivity index (χ1) is 17.7. The number of carbonyl (C=O) groups excluding carboxylic acids is 2. The molecule has 1 heterocycles. The molecule has 0 aliphatic rings. The van der Waals surface area contributed by atoms with Crippen molar-refractivity contribution in [2.75, 3.05) is 17.2 Å². The van der Waals surface area contributed by atoms with Crippen LogP contribution in [0, 0.1) is 19.7 Å². The largest absolute Gasteiger partial charge is 0.322 e. The van der Waals surface area contributed by atoms with E-state index in [1.165, 1.54) is 23.1 Å². The third-order valence-electron chi connectivity index (χ3n) is 6.00. The number of rotatable bonds is 7. The minimum atomic E-state index is -0.498. The van der Waals surface area contributed by atoms with Gasteiger partial charge < -0.3 is 15.5 Å². The Kier molecular flexibility index (Phi) is 7.67. The number of carbonyl (C=O) groups is 2. The highest BCUT2D eigenvalue weighted by Gasteiger charge is 2.24. The predicted octanol–water partition coefficient (Wildman–Crippen LogP) is 6.18. The molecule has 0 bridgehead atoms. The predicted molar refractivity (Wildman–Crippen MR) is 144 cm³/mol. The number of para-hydroxylation sites is 1. The summed E-state index contributed by atoms with van der Waals surface area (Å²) in [6.07, 6.45) is 0. The molecule has 0 fully saturated rings. The second-order valence-electron chi connectivity index (χ2n) is 9.08. The van der Waals surface area contributed by atoms with Crippen LogP contribution >= 0.6 is 0 Å². The second-order valence-corrected chi connectivity index (χ2v) is 9.08. The number of benzene rings is 3. The van der Waals surface area contributed by atoms with Gasteiger partial charge in [-0.25, -0.2) is 13.9 Å². The summed E-state index contributed by atoms with van der Waals surface area (Å²) < 4.78 is 15.3. The van der Waals surface area contributed by atoms with Crippen molar-refractivity contribution in [2.45, 2.75) is 33.7 Å². The molecule has 0 unspecified atom stereocenters. The lowest BCUT2D eigenvalue weighted by Gasteiger charge is -2.26. The maximum atomic E-state index is 13.6. The minimum absolute atomic E-state index is 0.203. The fourth-order valence-corrected chi connectivity index (χ4v) is 4.15. The molecule has 0 radical (unpaired) electrons. The normalized spacial score (nSPS) is 10.9. The van der Waals surface area contributed by atoms with Gasteiger partial charge in [-0.1, -0.05) is 54.6 Å². The van der Waals surface area contributed by atoms with Crippen molar-refractivity contribution < 1.29 is 14.0 Å². The fraction of sp³-hybridized carbons (Fsp3) is 0.207. The van der Waals surface area contributed by atoms with E-state index in [1.54, 1.807) is 10.7 Å². The molecular weight excluding hydrogens is 469 g/mol. The highest BCUT2D eigenvalue weighted by molar-refractivity contribution is 5.99. The minimum Gasteiger partial charge on any atom is -0.313 e. The van der Waals surface area contributed by atoms with Crippen molar-refractivity contribution in [3.05, 3.63) is 95.9 Å². The van der Waals surface area contributed by atoms with Crippen molar-refractivity contribution in [2.24, 2.45) is 0 Å². The number of amides is 3. The van der Waals surface area contributed by atoms with Crippen LogP contribution in [0.25, 0.3) is 16.8 Å². The van der Waals surface area contributed by atoms with E-state index in [4.69, 9.17) is 5.10 Å². The first-order valence-corrected chi connectivity index (χ1v) is 12.1. The summed E-state index contributed by atoms with van der Waals surface area (Å²) in [6.45, 7) is 7.31. The van der Waals surface area contributed by atoms with E-state index in [-0.39, 0.29) is 18.5 Å². The van der Waals surface area contributed by atoms with Gasteiger partial charge in [-0.3, -0.25) is 4.79 Å². The van der Waals surface area contributed by atoms with Gasteiger partial charge in [0.25, 0.3) is 0 Å². The van der Waals surface area contributed by atoms with Gasteiger partial charge in [0, 0.05) is 17.3 Å². The first kappa shape index (κ1) is 25.6. The van der Waals surface area contributed by atoms with Crippen LogP contribution in [-0.4, -0.2) is 39.2 Å². The second kappa shape index (κ2) is 11.1. The van der Waals surface area contributed by atoms with Crippen molar-refractivity contribution in [1.82, 2.24) is 14.7 Å². The van der Waals surface area contributed by atoms with E-state index in [2.05, 4.69) is 10.6 Å². The lowest BCUT2D eigenvalue weighted by Crippen LogP contribution is -2.44. The van der Waals surface area contributed by atoms with Crippen molar-refractivity contribution in [3.8, 4) is 16.8 Å². The summed E-state index contributed by atoms with van der Waals surface area (Å²) in [4.78, 5) is 27.7. The van der Waals surface area contributed by atoms with E-state index in [0.29, 0.717) is 11.5 Å². The average molecular weight is 500 g/mol. The topological polar surface area (TPSA) is 79.3 Å². The quantitative estimate of drug-likeness (QED) is 0.319. The molecule has 190 valence electrons. The van der Waals surface area contributed by atoms with Crippen LogP contribution < -0.4 is 10.6 Å². The molecule has 7 nitrogen and oxygen atoms in total. The molecule has 37 heavy (non-hydrogen) atoms. The molecule has 4 rings (SSSR count). The summed E-state index contributed by atoms with van der Waals surface area (Å²) >= 11 is 0. The fourth-order valence-electron chi connectivity index (χ4n) is 4.15. The zero-order valence-electron chi connectivity index (χ0n) is 21.3. The summed E-state index contributed by atoms with van der Waals surface area (Å²) in [7, 11) is 0. The zero-order chi connectivity index (χ0) is 26.5. The van der Waals surface area contributed by atoms with Gasteiger partial charge in [0.05, 0.1) is 11.4 Å². The van der Waals surface area contributed by atoms with E-state index in [9.17, 15) is 14.0 Å². The van der Waals surface area contributed by atoms with Crippen LogP contribution in [0.5, 0.6) is 0 Å². The Hall–Kier alpha value is -4.46. The molecule has 3 aromatic carbocycles. The molecular formula is C29H30FN5O2. The number of nitrogens with zero attached hydrogens (tertiary/aromatic N) is 3. The molecule has 0 aliphatic carbocycles. The Balaban J connectivity index is 1.65. The summed E-state index contributed by atoms with van der Waals surface area (Å²) in [6, 6.07) is 22.4. The highest BCUT2D eigenvalue weighted by Crippen LogP contribution is 2.34. The third kappa shape index (κ3) is 5.86. The number of anilines is 2. The molecule has 0 saturated carbocycles. The highest BCUT2D eigenvalue weighted by atomic mass is 19.1. The summed E-state index contributed by atoms with van der Waals surface area (Å²) in [5, 5.41) is 10.4. The van der Waals surface area contributed by atoms with Crippen molar-refractivity contribution in [1.29, 1.82) is 0 Å². The number of halogens is 1. The summed E-state index contributed by atoms with van der Waals surface area (Å²) in [5.74, 6) is -0.313. The maximum Gasteiger partial charge on any atom is 0.322 e. The van der Waals surface area contributed by atoms with Gasteiger partial charge in [0.2, 0.25) is 5.91 Å². The van der Waals surface area contributed by atoms with Gasteiger partial charge in [0.1, 0.15) is 18.2 Å². The average Bonchev–Trinajstić information content (AvgIpc) is 3.18. The van der Waals surface area contributed by atoms with E-state index >= 15 is 0 Å². The monoisotopic (exact) mass is 499 g/mol. The number of hydrogen-bond donors (Lipinski definition) is 2. The first-order valence-electron chi connectivity index (χ1n) is 12.1. The van der Waals surface area contributed by atoms with Crippen LogP contribution in [0.1, 0.15) is 25.1 Å². The van der Waals surface area contributed by atoms with E-state index < -0.39 is 11.8 Å². The van der Waals surface area contributed by atoms with Gasteiger partial charge in [-0.2, -0.15) is 5.10 Å². The van der Waals surface area contributed by atoms with Crippen LogP contribution in [0.2, 0.25) is 0 Å². The van der Waals surface area contributed by atoms with Gasteiger partial charge in [-0.15, -0.1) is 0 Å². The molecule has 8 heteroatoms. The molecule has 1 aromatic heterocycles. The number of urea groups is 1. The number of hydrogen-bond acceptors (Lipinski definition) is 3. The Labute approximate surface area is 215 Å². The molecule has 0 aliphatic heterocycles. The third-order valence-corrected chi connectivity index (χ3v) is 6.00. The molecule has 3 amide bonds. The van der Waals surface area contributed by atoms with Gasteiger partial charge in [-0.05, 0) is 63.1 Å². The molecule has 0 saturated heterocycles. The molecule has 0 spiro atoms. The maximum absolute atomic E-state index is 13.6. The molecule has 2 N–H and O–H groups in total. The van der Waals surface area contributed by atoms with E-state index in [1.807, 2.05) is 82.3 Å². The number of aromatic nitrogens is 2. The summed E-state index contributed by atoms with van der Waals surface area (Å²) in [5.41, 5.74) is 4.63.